The Kier molecular flexibility index (Phi) is 8.93. The number of carbonyl (C=O) groups is 1. The lowest BCUT2D eigenvalue weighted by Gasteiger charge is -2.28. The molecule has 2 heterocycles. The van der Waals surface area contributed by atoms with Crippen molar-refractivity contribution in [2.24, 2.45) is 0 Å². The van der Waals surface area contributed by atoms with Gasteiger partial charge >= 0.3 is 0 Å². The number of morpholine rings is 1. The molecule has 6 nitrogen and oxygen atoms in total. The fraction of sp³-hybridized carbons (Fsp3) is 0.462. The number of hydrogen-bond acceptors (Lipinski definition) is 6. The quantitative estimate of drug-likeness (QED) is 0.432. The van der Waals surface area contributed by atoms with Crippen LogP contribution in [0, 0.1) is 0 Å². The van der Waals surface area contributed by atoms with E-state index in [0.717, 1.165) is 60.4 Å². The summed E-state index contributed by atoms with van der Waals surface area (Å²) < 4.78 is 11.8. The molecule has 1 aliphatic heterocycles. The average molecular weight is 504 g/mol. The lowest BCUT2D eigenvalue weighted by Crippen LogP contribution is -2.39. The Morgan fingerprint density at radius 1 is 1.15 bits per heavy atom. The molecule has 1 saturated heterocycles. The number of carbonyl (C=O) groups excluding carboxylic acids is 1. The first-order valence-corrected chi connectivity index (χ1v) is 12.3. The van der Waals surface area contributed by atoms with Gasteiger partial charge in [0.1, 0.15) is 5.75 Å². The minimum absolute atomic E-state index is 0. The molecule has 0 radical (unpaired) electrons. The maximum absolute atomic E-state index is 13.6. The van der Waals surface area contributed by atoms with E-state index in [-0.39, 0.29) is 23.7 Å². The van der Waals surface area contributed by atoms with Crippen LogP contribution in [0.4, 0.5) is 5.13 Å². The highest BCUT2D eigenvalue weighted by molar-refractivity contribution is 7.22. The third kappa shape index (κ3) is 6.27. The van der Waals surface area contributed by atoms with Gasteiger partial charge in [0.05, 0.1) is 30.5 Å². The van der Waals surface area contributed by atoms with E-state index < -0.39 is 0 Å². The Labute approximate surface area is 212 Å². The number of methoxy groups -OCH3 is 1. The van der Waals surface area contributed by atoms with Gasteiger partial charge < -0.3 is 9.47 Å². The van der Waals surface area contributed by atoms with Gasteiger partial charge in [0, 0.05) is 31.7 Å². The molecular weight excluding hydrogens is 470 g/mol. The molecule has 0 spiro atoms. The summed E-state index contributed by atoms with van der Waals surface area (Å²) in [4.78, 5) is 22.6. The van der Waals surface area contributed by atoms with Crippen molar-refractivity contribution >= 4 is 45.0 Å². The highest BCUT2D eigenvalue weighted by Gasteiger charge is 2.23. The maximum Gasteiger partial charge on any atom is 0.260 e. The average Bonchev–Trinajstić information content (AvgIpc) is 3.24. The van der Waals surface area contributed by atoms with Gasteiger partial charge in [0.25, 0.3) is 5.91 Å². The second kappa shape index (κ2) is 11.5. The van der Waals surface area contributed by atoms with Crippen molar-refractivity contribution in [3.05, 3.63) is 53.6 Å². The van der Waals surface area contributed by atoms with Crippen LogP contribution in [0.1, 0.15) is 43.1 Å². The molecule has 1 aliphatic rings. The van der Waals surface area contributed by atoms with Gasteiger partial charge in [0.15, 0.2) is 5.13 Å². The summed E-state index contributed by atoms with van der Waals surface area (Å²) in [6.07, 6.45) is 0.880. The first-order valence-electron chi connectivity index (χ1n) is 11.5. The van der Waals surface area contributed by atoms with E-state index in [2.05, 4.69) is 37.8 Å². The zero-order valence-corrected chi connectivity index (χ0v) is 22.0. The third-order valence-electron chi connectivity index (χ3n) is 6.02. The van der Waals surface area contributed by atoms with Crippen molar-refractivity contribution in [3.63, 3.8) is 0 Å². The molecule has 1 amide bonds. The highest BCUT2D eigenvalue weighted by Crippen LogP contribution is 2.32. The van der Waals surface area contributed by atoms with Crippen LogP contribution in [0.25, 0.3) is 10.2 Å². The number of anilines is 1. The van der Waals surface area contributed by atoms with Gasteiger partial charge in [-0.3, -0.25) is 14.6 Å². The van der Waals surface area contributed by atoms with Crippen molar-refractivity contribution in [3.8, 4) is 5.75 Å². The smallest absolute Gasteiger partial charge is 0.260 e. The summed E-state index contributed by atoms with van der Waals surface area (Å²) in [6, 6.07) is 13.8. The van der Waals surface area contributed by atoms with Crippen LogP contribution in [-0.2, 0) is 10.2 Å². The van der Waals surface area contributed by atoms with Crippen LogP contribution in [0.2, 0.25) is 0 Å². The van der Waals surface area contributed by atoms with E-state index >= 15 is 0 Å². The van der Waals surface area contributed by atoms with Crippen molar-refractivity contribution in [2.75, 3.05) is 51.4 Å². The Hall–Kier alpha value is -2.19. The molecule has 1 aromatic heterocycles. The topological polar surface area (TPSA) is 54.9 Å². The van der Waals surface area contributed by atoms with Crippen LogP contribution in [0.3, 0.4) is 0 Å². The number of rotatable bonds is 7. The summed E-state index contributed by atoms with van der Waals surface area (Å²) in [7, 11) is 1.66. The first-order chi connectivity index (χ1) is 15.8. The second-order valence-electron chi connectivity index (χ2n) is 9.42. The van der Waals surface area contributed by atoms with Gasteiger partial charge in [-0.15, -0.1) is 12.4 Å². The lowest BCUT2D eigenvalue weighted by atomic mass is 9.86. The number of aromatic nitrogens is 1. The van der Waals surface area contributed by atoms with Gasteiger partial charge in [-0.25, -0.2) is 4.98 Å². The van der Waals surface area contributed by atoms with Crippen molar-refractivity contribution in [1.82, 2.24) is 9.88 Å². The zero-order chi connectivity index (χ0) is 23.4. The number of ether oxygens (including phenoxy) is 2. The summed E-state index contributed by atoms with van der Waals surface area (Å²) in [6.45, 7) is 11.5. The molecule has 0 N–H and O–H groups in total. The summed E-state index contributed by atoms with van der Waals surface area (Å²) in [5.41, 5.74) is 2.83. The number of nitrogens with zero attached hydrogens (tertiary/aromatic N) is 3. The third-order valence-corrected chi connectivity index (χ3v) is 7.06. The number of hydrogen-bond donors (Lipinski definition) is 0. The molecule has 4 rings (SSSR count). The van der Waals surface area contributed by atoms with Crippen molar-refractivity contribution in [2.45, 2.75) is 32.6 Å². The molecule has 8 heteroatoms. The minimum Gasteiger partial charge on any atom is -0.497 e. The Bertz CT molecular complexity index is 1090. The summed E-state index contributed by atoms with van der Waals surface area (Å²) in [5, 5.41) is 0.727. The number of halogens is 1. The predicted molar refractivity (Wildman–Crippen MR) is 142 cm³/mol. The normalized spacial score (nSPS) is 14.6. The van der Waals surface area contributed by atoms with Crippen LogP contribution in [0.15, 0.2) is 42.5 Å². The molecule has 184 valence electrons. The van der Waals surface area contributed by atoms with Gasteiger partial charge in [-0.2, -0.15) is 0 Å². The number of thiazole rings is 1. The first kappa shape index (κ1) is 26.4. The maximum atomic E-state index is 13.6. The largest absolute Gasteiger partial charge is 0.497 e. The SMILES string of the molecule is COc1ccc2nc(N(CCCN3CCOCC3)C(=O)c3ccc(C(C)(C)C)cc3)sc2c1.Cl. The van der Waals surface area contributed by atoms with Gasteiger partial charge in [0.2, 0.25) is 0 Å². The second-order valence-corrected chi connectivity index (χ2v) is 10.4. The van der Waals surface area contributed by atoms with Crippen LogP contribution in [-0.4, -0.2) is 62.3 Å². The Morgan fingerprint density at radius 3 is 2.50 bits per heavy atom. The monoisotopic (exact) mass is 503 g/mol. The van der Waals surface area contributed by atoms with Crippen LogP contribution >= 0.6 is 23.7 Å². The van der Waals surface area contributed by atoms with Gasteiger partial charge in [-0.05, 0) is 47.7 Å². The van der Waals surface area contributed by atoms with E-state index in [1.54, 1.807) is 7.11 Å². The van der Waals surface area contributed by atoms with E-state index in [9.17, 15) is 4.79 Å². The predicted octanol–water partition coefficient (Wildman–Crippen LogP) is 5.39. The van der Waals surface area contributed by atoms with Crippen LogP contribution in [0.5, 0.6) is 5.75 Å². The molecule has 0 saturated carbocycles. The fourth-order valence-corrected chi connectivity index (χ4v) is 4.98. The Balaban J connectivity index is 0.00000324. The van der Waals surface area contributed by atoms with E-state index in [1.807, 2.05) is 35.2 Å². The summed E-state index contributed by atoms with van der Waals surface area (Å²) >= 11 is 1.53. The molecule has 2 aromatic carbocycles. The fourth-order valence-electron chi connectivity index (χ4n) is 3.97. The van der Waals surface area contributed by atoms with Crippen molar-refractivity contribution < 1.29 is 14.3 Å². The summed E-state index contributed by atoms with van der Waals surface area (Å²) in [5.74, 6) is 0.782. The number of benzene rings is 2. The van der Waals surface area contributed by atoms with E-state index in [4.69, 9.17) is 14.5 Å². The number of amides is 1. The Morgan fingerprint density at radius 2 is 1.85 bits per heavy atom. The van der Waals surface area contributed by atoms with E-state index in [1.165, 1.54) is 16.9 Å². The molecule has 0 unspecified atom stereocenters. The molecular formula is C26H34ClN3O3S. The zero-order valence-electron chi connectivity index (χ0n) is 20.4. The van der Waals surface area contributed by atoms with Crippen molar-refractivity contribution in [1.29, 1.82) is 0 Å². The standard InChI is InChI=1S/C26H33N3O3S.ClH/c1-26(2,3)20-8-6-19(7-9-20)24(30)29(13-5-12-28-14-16-32-17-15-28)25-27-22-11-10-21(31-4)18-23(22)33-25;/h6-11,18H,5,12-17H2,1-4H3;1H. The van der Waals surface area contributed by atoms with E-state index in [0.29, 0.717) is 12.1 Å². The molecule has 1 fully saturated rings. The minimum atomic E-state index is -0.0107. The molecule has 0 aliphatic carbocycles. The molecule has 0 atom stereocenters. The van der Waals surface area contributed by atoms with Crippen LogP contribution < -0.4 is 9.64 Å². The molecule has 3 aromatic rings. The molecule has 0 bridgehead atoms. The lowest BCUT2D eigenvalue weighted by molar-refractivity contribution is 0.0376. The highest BCUT2D eigenvalue weighted by atomic mass is 35.5. The number of fused-ring (bicyclic) bond motifs is 1. The van der Waals surface area contributed by atoms with Gasteiger partial charge in [-0.1, -0.05) is 44.2 Å². The molecule has 34 heavy (non-hydrogen) atoms.